The molecule has 3 aliphatic heterocycles. The molecule has 2 bridgehead atoms. The molecule has 2 amide bonds. The summed E-state index contributed by atoms with van der Waals surface area (Å²) in [5, 5.41) is 20.5. The molecule has 8 nitrogen and oxygen atoms in total. The number of carbonyl (C=O) groups is 3. The van der Waals surface area contributed by atoms with E-state index in [0.717, 1.165) is 18.8 Å². The molecule has 39 heavy (non-hydrogen) atoms. The molecule has 214 valence electrons. The minimum atomic E-state index is -0.980. The number of aliphatic carboxylic acids is 1. The number of rotatable bonds is 12. The van der Waals surface area contributed by atoms with E-state index in [0.29, 0.717) is 18.5 Å². The first kappa shape index (κ1) is 29.5. The van der Waals surface area contributed by atoms with Gasteiger partial charge in [0.1, 0.15) is 6.04 Å². The van der Waals surface area contributed by atoms with Gasteiger partial charge in [-0.3, -0.25) is 14.4 Å². The predicted molar refractivity (Wildman–Crippen MR) is 156 cm³/mol. The van der Waals surface area contributed by atoms with Gasteiger partial charge in [-0.1, -0.05) is 33.3 Å². The molecule has 8 atom stereocenters. The first-order chi connectivity index (χ1) is 18.6. The molecular formula is C30H43N3O5S. The second kappa shape index (κ2) is 11.5. The van der Waals surface area contributed by atoms with Crippen molar-refractivity contribution in [1.82, 2.24) is 4.90 Å². The van der Waals surface area contributed by atoms with Crippen LogP contribution < -0.4 is 9.80 Å². The van der Waals surface area contributed by atoms with Gasteiger partial charge in [0, 0.05) is 36.3 Å². The highest BCUT2D eigenvalue weighted by atomic mass is 32.2. The van der Waals surface area contributed by atoms with Crippen LogP contribution in [0.4, 0.5) is 11.4 Å². The van der Waals surface area contributed by atoms with Gasteiger partial charge in [-0.25, -0.2) is 0 Å². The lowest BCUT2D eigenvalue weighted by atomic mass is 9.66. The second-order valence-electron chi connectivity index (χ2n) is 11.2. The average molecular weight is 558 g/mol. The predicted octanol–water partition coefficient (Wildman–Crippen LogP) is 3.88. The van der Waals surface area contributed by atoms with Crippen molar-refractivity contribution < 1.29 is 24.6 Å². The van der Waals surface area contributed by atoms with E-state index in [1.165, 1.54) is 11.8 Å². The van der Waals surface area contributed by atoms with Crippen molar-refractivity contribution in [3.63, 3.8) is 0 Å². The van der Waals surface area contributed by atoms with Crippen molar-refractivity contribution in [3.05, 3.63) is 36.9 Å². The number of amides is 2. The van der Waals surface area contributed by atoms with Crippen LogP contribution in [0.1, 0.15) is 47.5 Å². The summed E-state index contributed by atoms with van der Waals surface area (Å²) in [6, 6.07) is 6.39. The van der Waals surface area contributed by atoms with Crippen LogP contribution >= 0.6 is 11.8 Å². The van der Waals surface area contributed by atoms with Crippen LogP contribution in [0.3, 0.4) is 0 Å². The topological polar surface area (TPSA) is 101 Å². The van der Waals surface area contributed by atoms with Gasteiger partial charge < -0.3 is 24.9 Å². The fraction of sp³-hybridized carbons (Fsp3) is 0.633. The number of anilines is 2. The van der Waals surface area contributed by atoms with E-state index in [-0.39, 0.29) is 42.1 Å². The molecule has 3 saturated heterocycles. The number of nitrogens with zero attached hydrogens (tertiary/aromatic N) is 3. The van der Waals surface area contributed by atoms with Gasteiger partial charge in [0.25, 0.3) is 5.91 Å². The summed E-state index contributed by atoms with van der Waals surface area (Å²) in [7, 11) is 0. The zero-order valence-corrected chi connectivity index (χ0v) is 24.6. The number of likely N-dealkylation sites (tertiary alicyclic amines) is 1. The first-order valence-corrected chi connectivity index (χ1v) is 15.1. The number of benzene rings is 1. The Morgan fingerprint density at radius 3 is 2.33 bits per heavy atom. The van der Waals surface area contributed by atoms with Crippen molar-refractivity contribution in [2.24, 2.45) is 23.7 Å². The zero-order valence-electron chi connectivity index (χ0n) is 23.7. The SMILES string of the molecule is C=CCN(C(=O)C1N([C@@H](CO)[C@@H](C)CC)C(=O)[C@@H]2[C@@H](C(=O)O)[C@H]3CC(C)C12S3)c1ccc(N(CC)CC)cc1. The molecular weight excluding hydrogens is 514 g/mol. The number of aliphatic hydroxyl groups is 1. The summed E-state index contributed by atoms with van der Waals surface area (Å²) in [5.74, 6) is -3.25. The number of hydrogen-bond acceptors (Lipinski definition) is 6. The van der Waals surface area contributed by atoms with Gasteiger partial charge >= 0.3 is 5.97 Å². The van der Waals surface area contributed by atoms with Crippen LogP contribution in [0.15, 0.2) is 36.9 Å². The Balaban J connectivity index is 1.83. The van der Waals surface area contributed by atoms with Crippen LogP contribution in [0.25, 0.3) is 0 Å². The molecule has 1 aromatic carbocycles. The quantitative estimate of drug-likeness (QED) is 0.376. The van der Waals surface area contributed by atoms with Gasteiger partial charge in [-0.2, -0.15) is 0 Å². The maximum atomic E-state index is 14.7. The van der Waals surface area contributed by atoms with Gasteiger partial charge in [0.05, 0.1) is 29.2 Å². The monoisotopic (exact) mass is 557 g/mol. The maximum absolute atomic E-state index is 14.7. The van der Waals surface area contributed by atoms with Crippen LogP contribution in [0, 0.1) is 23.7 Å². The number of carboxylic acid groups (broad SMARTS) is 1. The standard InChI is InChI=1S/C30H43N3O5S/c1-7-15-32(21-13-11-20(12-14-21)31(9-3)10-4)28(36)26-30-19(6)16-23(39-30)24(29(37)38)25(30)27(35)33(26)22(17-34)18(5)8-2/h7,11-14,18-19,22-26,34H,1,8-10,15-17H2,2-6H3,(H,37,38)/t18-,19?,22-,23+,24-,25-,26?,30?/m0/s1. The van der Waals surface area contributed by atoms with E-state index in [1.807, 2.05) is 45.0 Å². The Kier molecular flexibility index (Phi) is 8.71. The number of fused-ring (bicyclic) bond motifs is 1. The molecule has 3 aliphatic rings. The van der Waals surface area contributed by atoms with E-state index in [9.17, 15) is 24.6 Å². The van der Waals surface area contributed by atoms with Crippen LogP contribution in [0.2, 0.25) is 0 Å². The van der Waals surface area contributed by atoms with Gasteiger partial charge in [0.15, 0.2) is 0 Å². The van der Waals surface area contributed by atoms with Crippen molar-refractivity contribution in [3.8, 4) is 0 Å². The largest absolute Gasteiger partial charge is 0.481 e. The summed E-state index contributed by atoms with van der Waals surface area (Å²) in [6.07, 6.45) is 3.04. The number of carbonyl (C=O) groups excluding carboxylic acids is 2. The fourth-order valence-corrected chi connectivity index (χ4v) is 9.62. The van der Waals surface area contributed by atoms with Gasteiger partial charge in [-0.15, -0.1) is 18.3 Å². The molecule has 0 saturated carbocycles. The highest BCUT2D eigenvalue weighted by Crippen LogP contribution is 2.69. The highest BCUT2D eigenvalue weighted by molar-refractivity contribution is 8.02. The third kappa shape index (κ3) is 4.55. The van der Waals surface area contributed by atoms with Crippen molar-refractivity contribution in [2.45, 2.75) is 69.5 Å². The van der Waals surface area contributed by atoms with E-state index in [1.54, 1.807) is 15.9 Å². The third-order valence-electron chi connectivity index (χ3n) is 9.42. The Morgan fingerprint density at radius 2 is 1.82 bits per heavy atom. The minimum absolute atomic E-state index is 0.0251. The summed E-state index contributed by atoms with van der Waals surface area (Å²) in [4.78, 5) is 46.9. The Morgan fingerprint density at radius 1 is 1.21 bits per heavy atom. The van der Waals surface area contributed by atoms with Gasteiger partial charge in [0.2, 0.25) is 5.91 Å². The number of aliphatic hydroxyl groups excluding tert-OH is 1. The molecule has 3 fully saturated rings. The Labute approximate surface area is 236 Å². The molecule has 3 heterocycles. The lowest BCUT2D eigenvalue weighted by molar-refractivity contribution is -0.150. The second-order valence-corrected chi connectivity index (χ2v) is 12.7. The fourth-order valence-electron chi connectivity index (χ4n) is 7.22. The Bertz CT molecular complexity index is 1090. The number of thioether (sulfide) groups is 1. The average Bonchev–Trinajstić information content (AvgIpc) is 3.52. The minimum Gasteiger partial charge on any atom is -0.481 e. The molecule has 0 radical (unpaired) electrons. The lowest BCUT2D eigenvalue weighted by Crippen LogP contribution is -2.60. The smallest absolute Gasteiger partial charge is 0.308 e. The van der Waals surface area contributed by atoms with Crippen LogP contribution in [-0.4, -0.2) is 81.2 Å². The van der Waals surface area contributed by atoms with E-state index in [2.05, 4.69) is 25.3 Å². The molecule has 1 aromatic rings. The van der Waals surface area contributed by atoms with Crippen LogP contribution in [0.5, 0.6) is 0 Å². The molecule has 9 heteroatoms. The number of hydrogen-bond donors (Lipinski definition) is 2. The molecule has 1 spiro atoms. The molecule has 0 aliphatic carbocycles. The lowest BCUT2D eigenvalue weighted by Gasteiger charge is -2.43. The number of carboxylic acids is 1. The summed E-state index contributed by atoms with van der Waals surface area (Å²) in [5.41, 5.74) is 1.76. The molecule has 0 aromatic heterocycles. The zero-order chi connectivity index (χ0) is 28.6. The maximum Gasteiger partial charge on any atom is 0.308 e. The third-order valence-corrected chi connectivity index (χ3v) is 11.5. The molecule has 4 rings (SSSR count). The van der Waals surface area contributed by atoms with Gasteiger partial charge in [-0.05, 0) is 56.4 Å². The normalized spacial score (nSPS) is 30.7. The van der Waals surface area contributed by atoms with E-state index >= 15 is 0 Å². The van der Waals surface area contributed by atoms with Crippen LogP contribution in [-0.2, 0) is 14.4 Å². The van der Waals surface area contributed by atoms with Crippen molar-refractivity contribution in [2.75, 3.05) is 36.0 Å². The molecule has 2 N–H and O–H groups in total. The first-order valence-electron chi connectivity index (χ1n) is 14.2. The molecule has 3 unspecified atom stereocenters. The van der Waals surface area contributed by atoms with Crippen molar-refractivity contribution in [1.29, 1.82) is 0 Å². The summed E-state index contributed by atoms with van der Waals surface area (Å²) < 4.78 is -0.858. The summed E-state index contributed by atoms with van der Waals surface area (Å²) >= 11 is 1.52. The highest BCUT2D eigenvalue weighted by Gasteiger charge is 2.77. The van der Waals surface area contributed by atoms with E-state index in [4.69, 9.17) is 0 Å². The van der Waals surface area contributed by atoms with E-state index < -0.39 is 34.6 Å². The Hall–Kier alpha value is -2.52. The summed E-state index contributed by atoms with van der Waals surface area (Å²) in [6.45, 7) is 15.8. The van der Waals surface area contributed by atoms with Crippen molar-refractivity contribution >= 4 is 40.9 Å².